The van der Waals surface area contributed by atoms with Crippen molar-refractivity contribution in [2.24, 2.45) is 0 Å². The number of rotatable bonds is 4. The molecule has 0 radical (unpaired) electrons. The maximum absolute atomic E-state index is 11.9. The predicted molar refractivity (Wildman–Crippen MR) is 75.5 cm³/mol. The number of ketones is 1. The Hall–Kier alpha value is -1.94. The molecule has 1 aromatic heterocycles. The zero-order valence-electron chi connectivity index (χ0n) is 10.8. The number of aryl methyl sites for hydroxylation is 1. The Labute approximate surface area is 115 Å². The van der Waals surface area contributed by atoms with Crippen LogP contribution in [0, 0.1) is 6.92 Å². The van der Waals surface area contributed by atoms with Gasteiger partial charge in [0.1, 0.15) is 0 Å². The average molecular weight is 274 g/mol. The van der Waals surface area contributed by atoms with Crippen molar-refractivity contribution < 1.29 is 14.3 Å². The van der Waals surface area contributed by atoms with Crippen LogP contribution in [0.2, 0.25) is 0 Å². The van der Waals surface area contributed by atoms with Gasteiger partial charge in [0.25, 0.3) is 5.78 Å². The topological polar surface area (TPSA) is 43.4 Å². The van der Waals surface area contributed by atoms with Crippen LogP contribution in [0.3, 0.4) is 0 Å². The molecule has 0 unspecified atom stereocenters. The van der Waals surface area contributed by atoms with Gasteiger partial charge in [-0.1, -0.05) is 30.3 Å². The summed E-state index contributed by atoms with van der Waals surface area (Å²) < 4.78 is 4.73. The van der Waals surface area contributed by atoms with E-state index < -0.39 is 11.8 Å². The third-order valence-electron chi connectivity index (χ3n) is 2.64. The van der Waals surface area contributed by atoms with E-state index in [2.05, 4.69) is 0 Å². The summed E-state index contributed by atoms with van der Waals surface area (Å²) in [7, 11) is 0. The Bertz CT molecular complexity index is 599. The van der Waals surface area contributed by atoms with Gasteiger partial charge in [0.05, 0.1) is 11.5 Å². The first-order valence-corrected chi connectivity index (χ1v) is 6.82. The van der Waals surface area contributed by atoms with Crippen LogP contribution in [0.1, 0.15) is 22.2 Å². The Morgan fingerprint density at radius 3 is 2.53 bits per heavy atom. The lowest BCUT2D eigenvalue weighted by molar-refractivity contribution is -0.137. The third kappa shape index (κ3) is 2.90. The summed E-state index contributed by atoms with van der Waals surface area (Å²) in [6.45, 7) is 3.82. The van der Waals surface area contributed by atoms with Crippen LogP contribution in [0.5, 0.6) is 0 Å². The van der Waals surface area contributed by atoms with Gasteiger partial charge in [0, 0.05) is 4.88 Å². The van der Waals surface area contributed by atoms with Crippen LogP contribution < -0.4 is 0 Å². The van der Waals surface area contributed by atoms with Crippen LogP contribution in [-0.4, -0.2) is 18.4 Å². The molecule has 0 saturated heterocycles. The fourth-order valence-corrected chi connectivity index (χ4v) is 2.87. The van der Waals surface area contributed by atoms with E-state index in [0.717, 1.165) is 16.0 Å². The van der Waals surface area contributed by atoms with Crippen molar-refractivity contribution in [3.63, 3.8) is 0 Å². The molecule has 0 fully saturated rings. The lowest BCUT2D eigenvalue weighted by atomic mass is 10.1. The maximum Gasteiger partial charge on any atom is 0.380 e. The van der Waals surface area contributed by atoms with E-state index in [0.29, 0.717) is 4.88 Å². The fourth-order valence-electron chi connectivity index (χ4n) is 1.77. The number of hydrogen-bond acceptors (Lipinski definition) is 4. The number of ether oxygens (including phenoxy) is 1. The molecule has 2 aromatic rings. The number of benzene rings is 1. The molecule has 2 rings (SSSR count). The van der Waals surface area contributed by atoms with Gasteiger partial charge >= 0.3 is 5.97 Å². The summed E-state index contributed by atoms with van der Waals surface area (Å²) >= 11 is 1.32. The lowest BCUT2D eigenvalue weighted by Crippen LogP contribution is -2.16. The van der Waals surface area contributed by atoms with Gasteiger partial charge in [-0.15, -0.1) is 11.3 Å². The Kier molecular flexibility index (Phi) is 4.12. The van der Waals surface area contributed by atoms with Gasteiger partial charge in [-0.3, -0.25) is 4.79 Å². The van der Waals surface area contributed by atoms with Crippen molar-refractivity contribution >= 4 is 23.1 Å². The molecular weight excluding hydrogens is 260 g/mol. The summed E-state index contributed by atoms with van der Waals surface area (Å²) in [6.07, 6.45) is 0. The molecule has 4 heteroatoms. The number of thiophene rings is 1. The first kappa shape index (κ1) is 13.5. The van der Waals surface area contributed by atoms with Crippen molar-refractivity contribution in [2.75, 3.05) is 6.61 Å². The standard InChI is InChI=1S/C15H14O3S/c1-3-18-15(17)13(16)12-9-10(2)14(19-12)11-7-5-4-6-8-11/h4-9H,3H2,1-2H3. The molecule has 0 N–H and O–H groups in total. The molecule has 3 nitrogen and oxygen atoms in total. The van der Waals surface area contributed by atoms with Crippen molar-refractivity contribution in [3.05, 3.63) is 46.8 Å². The number of Topliss-reactive ketones (excluding diaryl/α,β-unsaturated/α-hetero) is 1. The van der Waals surface area contributed by atoms with Crippen LogP contribution in [0.4, 0.5) is 0 Å². The molecule has 0 spiro atoms. The van der Waals surface area contributed by atoms with E-state index in [-0.39, 0.29) is 6.61 Å². The zero-order chi connectivity index (χ0) is 13.8. The summed E-state index contributed by atoms with van der Waals surface area (Å²) in [4.78, 5) is 24.7. The first-order valence-electron chi connectivity index (χ1n) is 6.00. The first-order chi connectivity index (χ1) is 9.13. The second-order valence-corrected chi connectivity index (χ2v) is 5.09. The van der Waals surface area contributed by atoms with Crippen molar-refractivity contribution in [1.82, 2.24) is 0 Å². The maximum atomic E-state index is 11.9. The van der Waals surface area contributed by atoms with E-state index in [1.807, 2.05) is 37.3 Å². The predicted octanol–water partition coefficient (Wildman–Crippen LogP) is 3.47. The van der Waals surface area contributed by atoms with Crippen LogP contribution in [0.15, 0.2) is 36.4 Å². The molecule has 0 aliphatic rings. The summed E-state index contributed by atoms with van der Waals surface area (Å²) in [5, 5.41) is 0. The Morgan fingerprint density at radius 2 is 1.89 bits per heavy atom. The smallest absolute Gasteiger partial charge is 0.380 e. The second kappa shape index (κ2) is 5.80. The Morgan fingerprint density at radius 1 is 1.21 bits per heavy atom. The minimum Gasteiger partial charge on any atom is -0.460 e. The SMILES string of the molecule is CCOC(=O)C(=O)c1cc(C)c(-c2ccccc2)s1. The average Bonchev–Trinajstić information content (AvgIpc) is 2.81. The largest absolute Gasteiger partial charge is 0.460 e. The lowest BCUT2D eigenvalue weighted by Gasteiger charge is -1.98. The molecule has 0 aliphatic heterocycles. The van der Waals surface area contributed by atoms with Crippen molar-refractivity contribution in [2.45, 2.75) is 13.8 Å². The molecule has 19 heavy (non-hydrogen) atoms. The van der Waals surface area contributed by atoms with E-state index in [4.69, 9.17) is 4.74 Å². The Balaban J connectivity index is 2.32. The molecule has 98 valence electrons. The van der Waals surface area contributed by atoms with Gasteiger partial charge in [0.15, 0.2) is 0 Å². The summed E-state index contributed by atoms with van der Waals surface area (Å²) in [5.74, 6) is -1.36. The van der Waals surface area contributed by atoms with Crippen molar-refractivity contribution in [1.29, 1.82) is 0 Å². The molecule has 1 heterocycles. The fraction of sp³-hybridized carbons (Fsp3) is 0.200. The number of hydrogen-bond donors (Lipinski definition) is 0. The van der Waals surface area contributed by atoms with Crippen LogP contribution >= 0.6 is 11.3 Å². The normalized spacial score (nSPS) is 10.2. The highest BCUT2D eigenvalue weighted by atomic mass is 32.1. The number of carbonyl (C=O) groups excluding carboxylic acids is 2. The second-order valence-electron chi connectivity index (χ2n) is 4.04. The monoisotopic (exact) mass is 274 g/mol. The van der Waals surface area contributed by atoms with Gasteiger partial charge in [-0.25, -0.2) is 4.79 Å². The minimum absolute atomic E-state index is 0.209. The third-order valence-corrected chi connectivity index (χ3v) is 3.92. The molecular formula is C15H14O3S. The molecule has 0 bridgehead atoms. The molecule has 1 aromatic carbocycles. The zero-order valence-corrected chi connectivity index (χ0v) is 11.6. The summed E-state index contributed by atoms with van der Waals surface area (Å²) in [5.41, 5.74) is 2.04. The number of carbonyl (C=O) groups is 2. The van der Waals surface area contributed by atoms with Gasteiger partial charge in [-0.2, -0.15) is 0 Å². The highest BCUT2D eigenvalue weighted by Crippen LogP contribution is 2.32. The van der Waals surface area contributed by atoms with Crippen LogP contribution in [0.25, 0.3) is 10.4 Å². The molecule has 0 saturated carbocycles. The quantitative estimate of drug-likeness (QED) is 0.487. The van der Waals surface area contributed by atoms with E-state index in [9.17, 15) is 9.59 Å². The van der Waals surface area contributed by atoms with Gasteiger partial charge < -0.3 is 4.74 Å². The molecule has 0 atom stereocenters. The van der Waals surface area contributed by atoms with Crippen LogP contribution in [-0.2, 0) is 9.53 Å². The molecule has 0 amide bonds. The van der Waals surface area contributed by atoms with E-state index >= 15 is 0 Å². The van der Waals surface area contributed by atoms with E-state index in [1.165, 1.54) is 11.3 Å². The highest BCUT2D eigenvalue weighted by molar-refractivity contribution is 7.18. The summed E-state index contributed by atoms with van der Waals surface area (Å²) in [6, 6.07) is 11.5. The highest BCUT2D eigenvalue weighted by Gasteiger charge is 2.21. The van der Waals surface area contributed by atoms with E-state index in [1.54, 1.807) is 13.0 Å². The van der Waals surface area contributed by atoms with Gasteiger partial charge in [0.2, 0.25) is 0 Å². The molecule has 0 aliphatic carbocycles. The minimum atomic E-state index is -0.789. The van der Waals surface area contributed by atoms with Gasteiger partial charge in [-0.05, 0) is 31.0 Å². The van der Waals surface area contributed by atoms with Crippen molar-refractivity contribution in [3.8, 4) is 10.4 Å². The number of esters is 1.